The monoisotopic (exact) mass is 569 g/mol. The zero-order valence-electron chi connectivity index (χ0n) is 18.4. The molecule has 4 aromatic carbocycles. The molecule has 0 aromatic heterocycles. The Labute approximate surface area is 217 Å². The third kappa shape index (κ3) is 6.35. The summed E-state index contributed by atoms with van der Waals surface area (Å²) in [5.41, 5.74) is 3.98. The maximum Gasteiger partial charge on any atom is 0.255 e. The molecule has 0 spiro atoms. The minimum absolute atomic E-state index is 0.00395. The van der Waals surface area contributed by atoms with Crippen molar-refractivity contribution in [2.75, 3.05) is 6.54 Å². The van der Waals surface area contributed by atoms with Crippen molar-refractivity contribution >= 4 is 60.4 Å². The minimum Gasteiger partial charge on any atom is -0.272 e. The van der Waals surface area contributed by atoms with Crippen LogP contribution in [0.3, 0.4) is 0 Å². The number of amides is 1. The van der Waals surface area contributed by atoms with Crippen LogP contribution in [0.2, 0.25) is 5.02 Å². The van der Waals surface area contributed by atoms with Crippen LogP contribution in [0.1, 0.15) is 11.1 Å². The van der Waals surface area contributed by atoms with E-state index in [-0.39, 0.29) is 11.4 Å². The van der Waals surface area contributed by atoms with Gasteiger partial charge in [-0.1, -0.05) is 82.1 Å². The van der Waals surface area contributed by atoms with Gasteiger partial charge in [-0.25, -0.2) is 13.8 Å². The van der Waals surface area contributed by atoms with Crippen LogP contribution in [0, 0.1) is 0 Å². The lowest BCUT2D eigenvalue weighted by atomic mass is 10.1. The summed E-state index contributed by atoms with van der Waals surface area (Å²) in [6, 6.07) is 26.7. The second-order valence-electron chi connectivity index (χ2n) is 7.72. The zero-order valence-corrected chi connectivity index (χ0v) is 21.6. The van der Waals surface area contributed by atoms with E-state index >= 15 is 0 Å². The topological polar surface area (TPSA) is 78.8 Å². The Hall–Kier alpha value is -3.04. The lowest BCUT2D eigenvalue weighted by molar-refractivity contribution is -0.121. The van der Waals surface area contributed by atoms with Gasteiger partial charge >= 0.3 is 0 Å². The Morgan fingerprint density at radius 3 is 2.37 bits per heavy atom. The van der Waals surface area contributed by atoms with Crippen LogP contribution in [0.5, 0.6) is 0 Å². The lowest BCUT2D eigenvalue weighted by Crippen LogP contribution is -2.39. The summed E-state index contributed by atoms with van der Waals surface area (Å²) in [7, 11) is -3.96. The van der Waals surface area contributed by atoms with Crippen LogP contribution >= 0.6 is 27.5 Å². The summed E-state index contributed by atoms with van der Waals surface area (Å²) in [4.78, 5) is 12.8. The van der Waals surface area contributed by atoms with Crippen LogP contribution in [0.15, 0.2) is 105 Å². The molecule has 0 radical (unpaired) electrons. The third-order valence-electron chi connectivity index (χ3n) is 5.26. The molecule has 0 heterocycles. The van der Waals surface area contributed by atoms with Crippen molar-refractivity contribution in [3.05, 3.63) is 112 Å². The van der Waals surface area contributed by atoms with E-state index in [2.05, 4.69) is 26.5 Å². The molecule has 178 valence electrons. The van der Waals surface area contributed by atoms with Gasteiger partial charge in [-0.15, -0.1) is 0 Å². The number of carbonyl (C=O) groups is 1. The highest BCUT2D eigenvalue weighted by molar-refractivity contribution is 9.10. The Bertz CT molecular complexity index is 1470. The summed E-state index contributed by atoms with van der Waals surface area (Å²) >= 11 is 9.27. The molecule has 4 rings (SSSR count). The molecule has 0 atom stereocenters. The van der Waals surface area contributed by atoms with E-state index in [1.54, 1.807) is 42.6 Å². The lowest BCUT2D eigenvalue weighted by Gasteiger charge is -2.21. The van der Waals surface area contributed by atoms with Crippen molar-refractivity contribution in [1.82, 2.24) is 9.73 Å². The molecule has 0 aliphatic heterocycles. The molecule has 0 bridgehead atoms. The standard InChI is InChI=1S/C26H21BrClN3O3S/c27-22-10-14-24(15-11-22)35(33,34)31(17-19-8-12-23(28)13-9-19)18-26(32)30-29-16-21-6-3-5-20-4-1-2-7-25(20)21/h1-16H,17-18H2,(H,30,32)/b29-16-. The minimum atomic E-state index is -3.96. The first kappa shape index (κ1) is 25.1. The highest BCUT2D eigenvalue weighted by Gasteiger charge is 2.27. The second kappa shape index (κ2) is 11.1. The van der Waals surface area contributed by atoms with Gasteiger partial charge in [0.1, 0.15) is 0 Å². The van der Waals surface area contributed by atoms with Gasteiger partial charge in [0.2, 0.25) is 10.0 Å². The fourth-order valence-electron chi connectivity index (χ4n) is 3.51. The van der Waals surface area contributed by atoms with E-state index in [1.165, 1.54) is 12.1 Å². The van der Waals surface area contributed by atoms with Crippen LogP contribution in [-0.4, -0.2) is 31.4 Å². The van der Waals surface area contributed by atoms with Crippen LogP contribution in [0.25, 0.3) is 10.8 Å². The summed E-state index contributed by atoms with van der Waals surface area (Å²) in [6.45, 7) is -0.413. The van der Waals surface area contributed by atoms with Gasteiger partial charge in [-0.3, -0.25) is 4.79 Å². The summed E-state index contributed by atoms with van der Waals surface area (Å²) in [5.74, 6) is -0.559. The SMILES string of the molecule is O=C(CN(Cc1ccc(Cl)cc1)S(=O)(=O)c1ccc(Br)cc1)N/N=C\c1cccc2ccccc12. The molecular formula is C26H21BrClN3O3S. The van der Waals surface area contributed by atoms with E-state index in [0.717, 1.165) is 25.1 Å². The van der Waals surface area contributed by atoms with Gasteiger partial charge in [0.15, 0.2) is 0 Å². The van der Waals surface area contributed by atoms with Crippen molar-refractivity contribution in [3.8, 4) is 0 Å². The number of hydrazone groups is 1. The summed E-state index contributed by atoms with van der Waals surface area (Å²) in [6.07, 6.45) is 1.55. The van der Waals surface area contributed by atoms with E-state index in [9.17, 15) is 13.2 Å². The summed E-state index contributed by atoms with van der Waals surface area (Å²) < 4.78 is 28.6. The van der Waals surface area contributed by atoms with Crippen molar-refractivity contribution in [3.63, 3.8) is 0 Å². The molecule has 0 aliphatic carbocycles. The molecule has 1 N–H and O–H groups in total. The Morgan fingerprint density at radius 1 is 0.943 bits per heavy atom. The predicted molar refractivity (Wildman–Crippen MR) is 143 cm³/mol. The number of carbonyl (C=O) groups excluding carboxylic acids is 1. The second-order valence-corrected chi connectivity index (χ2v) is 11.0. The van der Waals surface area contributed by atoms with E-state index in [1.807, 2.05) is 42.5 Å². The first-order valence-corrected chi connectivity index (χ1v) is 13.2. The van der Waals surface area contributed by atoms with Crippen molar-refractivity contribution in [1.29, 1.82) is 0 Å². The van der Waals surface area contributed by atoms with E-state index < -0.39 is 22.5 Å². The number of nitrogens with zero attached hydrogens (tertiary/aromatic N) is 2. The normalized spacial score (nSPS) is 11.9. The van der Waals surface area contributed by atoms with Crippen LogP contribution < -0.4 is 5.43 Å². The smallest absolute Gasteiger partial charge is 0.255 e. The first-order chi connectivity index (χ1) is 16.8. The zero-order chi connectivity index (χ0) is 24.8. The molecule has 9 heteroatoms. The average molecular weight is 571 g/mol. The number of fused-ring (bicyclic) bond motifs is 1. The Morgan fingerprint density at radius 2 is 1.63 bits per heavy atom. The third-order valence-corrected chi connectivity index (χ3v) is 7.85. The number of nitrogens with one attached hydrogen (secondary N) is 1. The van der Waals surface area contributed by atoms with Gasteiger partial charge in [0.25, 0.3) is 5.91 Å². The fourth-order valence-corrected chi connectivity index (χ4v) is 5.28. The summed E-state index contributed by atoms with van der Waals surface area (Å²) in [5, 5.41) is 6.65. The Balaban J connectivity index is 1.53. The number of benzene rings is 4. The predicted octanol–water partition coefficient (Wildman–Crippen LogP) is 5.60. The van der Waals surface area contributed by atoms with Crippen LogP contribution in [-0.2, 0) is 21.4 Å². The van der Waals surface area contributed by atoms with Gasteiger partial charge < -0.3 is 0 Å². The molecule has 0 saturated heterocycles. The molecule has 6 nitrogen and oxygen atoms in total. The number of rotatable bonds is 8. The van der Waals surface area contributed by atoms with Crippen molar-refractivity contribution in [2.24, 2.45) is 5.10 Å². The molecule has 0 unspecified atom stereocenters. The first-order valence-electron chi connectivity index (χ1n) is 10.6. The number of halogens is 2. The maximum atomic E-state index is 13.4. The van der Waals surface area contributed by atoms with Crippen LogP contribution in [0.4, 0.5) is 0 Å². The number of hydrogen-bond acceptors (Lipinski definition) is 4. The highest BCUT2D eigenvalue weighted by atomic mass is 79.9. The number of sulfonamides is 1. The molecular weight excluding hydrogens is 550 g/mol. The van der Waals surface area contributed by atoms with Gasteiger partial charge in [-0.2, -0.15) is 9.41 Å². The van der Waals surface area contributed by atoms with Gasteiger partial charge in [-0.05, 0) is 52.7 Å². The highest BCUT2D eigenvalue weighted by Crippen LogP contribution is 2.21. The van der Waals surface area contributed by atoms with Crippen molar-refractivity contribution in [2.45, 2.75) is 11.4 Å². The van der Waals surface area contributed by atoms with Gasteiger partial charge in [0, 0.05) is 21.6 Å². The molecule has 35 heavy (non-hydrogen) atoms. The van der Waals surface area contributed by atoms with Crippen molar-refractivity contribution < 1.29 is 13.2 Å². The van der Waals surface area contributed by atoms with Gasteiger partial charge in [0.05, 0.1) is 17.7 Å². The fraction of sp³-hybridized carbons (Fsp3) is 0.0769. The molecule has 0 aliphatic rings. The quantitative estimate of drug-likeness (QED) is 0.221. The molecule has 1 amide bonds. The number of hydrogen-bond donors (Lipinski definition) is 1. The Kier molecular flexibility index (Phi) is 7.97. The molecule has 4 aromatic rings. The maximum absolute atomic E-state index is 13.4. The molecule has 0 saturated carbocycles. The molecule has 0 fully saturated rings. The van der Waals surface area contributed by atoms with E-state index in [0.29, 0.717) is 10.6 Å². The average Bonchev–Trinajstić information content (AvgIpc) is 2.85. The van der Waals surface area contributed by atoms with E-state index in [4.69, 9.17) is 11.6 Å². The largest absolute Gasteiger partial charge is 0.272 e.